The van der Waals surface area contributed by atoms with Crippen LogP contribution in [0.5, 0.6) is 0 Å². The van der Waals surface area contributed by atoms with Crippen molar-refractivity contribution in [3.63, 3.8) is 0 Å². The molecule has 1 unspecified atom stereocenters. The van der Waals surface area contributed by atoms with Gasteiger partial charge >= 0.3 is 0 Å². The average molecular weight is 355 g/mol. The van der Waals surface area contributed by atoms with E-state index in [0.717, 1.165) is 6.04 Å². The molecule has 2 aliphatic carbocycles. The van der Waals surface area contributed by atoms with Crippen LogP contribution >= 0.6 is 22.6 Å². The van der Waals surface area contributed by atoms with Crippen LogP contribution in [-0.2, 0) is 0 Å². The summed E-state index contributed by atoms with van der Waals surface area (Å²) in [5.41, 5.74) is 3.42. The molecule has 0 radical (unpaired) electrons. The van der Waals surface area contributed by atoms with Crippen molar-refractivity contribution < 1.29 is 0 Å². The van der Waals surface area contributed by atoms with Gasteiger partial charge in [0.25, 0.3) is 0 Å². The molecular weight excluding hydrogens is 333 g/mol. The smallest absolute Gasteiger partial charge is 0.0382 e. The van der Waals surface area contributed by atoms with Crippen molar-refractivity contribution in [2.75, 3.05) is 5.32 Å². The Balaban J connectivity index is 1.75. The molecule has 2 saturated carbocycles. The molecule has 98 valence electrons. The maximum atomic E-state index is 3.84. The topological polar surface area (TPSA) is 12.0 Å². The molecule has 3 rings (SSSR count). The molecule has 2 fully saturated rings. The van der Waals surface area contributed by atoms with E-state index < -0.39 is 0 Å². The summed E-state index contributed by atoms with van der Waals surface area (Å²) in [5.74, 6) is 0. The van der Waals surface area contributed by atoms with Gasteiger partial charge in [-0.1, -0.05) is 25.3 Å². The quantitative estimate of drug-likeness (QED) is 0.726. The Labute approximate surface area is 124 Å². The van der Waals surface area contributed by atoms with Gasteiger partial charge in [0.2, 0.25) is 0 Å². The Morgan fingerprint density at radius 2 is 1.94 bits per heavy atom. The zero-order valence-electron chi connectivity index (χ0n) is 11.1. The van der Waals surface area contributed by atoms with Gasteiger partial charge in [-0.15, -0.1) is 0 Å². The third kappa shape index (κ3) is 2.17. The third-order valence-corrected chi connectivity index (χ3v) is 6.29. The fraction of sp³-hybridized carbons (Fsp3) is 0.625. The number of anilines is 1. The molecule has 0 aliphatic heterocycles. The van der Waals surface area contributed by atoms with Gasteiger partial charge in [0, 0.05) is 15.3 Å². The summed E-state index contributed by atoms with van der Waals surface area (Å²) in [4.78, 5) is 0. The minimum atomic E-state index is 0.645. The Hall–Kier alpha value is -0.250. The van der Waals surface area contributed by atoms with E-state index in [1.54, 1.807) is 0 Å². The standard InChI is InChI=1S/C16H22IN/c1-12-13(17)6-5-7-14(12)18-15-8-11-16(15)9-3-2-4-10-16/h5-7,15,18H,2-4,8-11H2,1H3. The summed E-state index contributed by atoms with van der Waals surface area (Å²) in [5, 5.41) is 3.84. The lowest BCUT2D eigenvalue weighted by Gasteiger charge is -2.53. The van der Waals surface area contributed by atoms with Crippen LogP contribution in [-0.4, -0.2) is 6.04 Å². The van der Waals surface area contributed by atoms with Crippen molar-refractivity contribution in [1.29, 1.82) is 0 Å². The first kappa shape index (κ1) is 12.8. The number of rotatable bonds is 2. The summed E-state index contributed by atoms with van der Waals surface area (Å²) < 4.78 is 1.37. The first-order chi connectivity index (χ1) is 8.71. The fourth-order valence-electron chi connectivity index (χ4n) is 3.73. The van der Waals surface area contributed by atoms with E-state index in [9.17, 15) is 0 Å². The van der Waals surface area contributed by atoms with Crippen LogP contribution < -0.4 is 5.32 Å². The summed E-state index contributed by atoms with van der Waals surface area (Å²) in [6, 6.07) is 7.34. The Morgan fingerprint density at radius 3 is 2.61 bits per heavy atom. The molecule has 1 spiro atoms. The van der Waals surface area contributed by atoms with E-state index in [2.05, 4.69) is 53.0 Å². The Morgan fingerprint density at radius 1 is 1.17 bits per heavy atom. The van der Waals surface area contributed by atoms with Gasteiger partial charge in [-0.2, -0.15) is 0 Å². The molecule has 1 nitrogen and oxygen atoms in total. The second kappa shape index (κ2) is 5.03. The second-order valence-corrected chi connectivity index (χ2v) is 7.23. The highest BCUT2D eigenvalue weighted by Crippen LogP contribution is 2.52. The maximum absolute atomic E-state index is 3.84. The lowest BCUT2D eigenvalue weighted by Crippen LogP contribution is -2.50. The SMILES string of the molecule is Cc1c(I)cccc1NC1CCC12CCCCC2. The van der Waals surface area contributed by atoms with Crippen molar-refractivity contribution in [3.8, 4) is 0 Å². The lowest BCUT2D eigenvalue weighted by molar-refractivity contribution is 0.0571. The first-order valence-corrected chi connectivity index (χ1v) is 8.31. The van der Waals surface area contributed by atoms with Gasteiger partial charge in [0.05, 0.1) is 0 Å². The van der Waals surface area contributed by atoms with Gasteiger partial charge in [-0.05, 0) is 78.3 Å². The minimum absolute atomic E-state index is 0.645. The van der Waals surface area contributed by atoms with Gasteiger partial charge in [0.15, 0.2) is 0 Å². The molecule has 1 aromatic rings. The monoisotopic (exact) mass is 355 g/mol. The van der Waals surface area contributed by atoms with Crippen molar-refractivity contribution in [1.82, 2.24) is 0 Å². The molecule has 1 atom stereocenters. The highest BCUT2D eigenvalue weighted by atomic mass is 127. The van der Waals surface area contributed by atoms with E-state index >= 15 is 0 Å². The van der Waals surface area contributed by atoms with E-state index in [1.165, 1.54) is 59.8 Å². The van der Waals surface area contributed by atoms with Crippen LogP contribution in [0.1, 0.15) is 50.5 Å². The Bertz CT molecular complexity index is 435. The fourth-order valence-corrected chi connectivity index (χ4v) is 4.23. The van der Waals surface area contributed by atoms with Crippen LogP contribution in [0.15, 0.2) is 18.2 Å². The number of benzene rings is 1. The minimum Gasteiger partial charge on any atom is -0.382 e. The molecule has 1 N–H and O–H groups in total. The second-order valence-electron chi connectivity index (χ2n) is 6.07. The third-order valence-electron chi connectivity index (χ3n) is 5.12. The molecule has 0 saturated heterocycles. The number of hydrogen-bond donors (Lipinski definition) is 1. The van der Waals surface area contributed by atoms with Gasteiger partial charge in [0.1, 0.15) is 0 Å². The number of nitrogens with one attached hydrogen (secondary N) is 1. The predicted octanol–water partition coefficient (Wildman–Crippen LogP) is 5.12. The van der Waals surface area contributed by atoms with Crippen LogP contribution in [0.25, 0.3) is 0 Å². The zero-order valence-corrected chi connectivity index (χ0v) is 13.3. The number of hydrogen-bond acceptors (Lipinski definition) is 1. The molecule has 0 amide bonds. The van der Waals surface area contributed by atoms with Crippen molar-refractivity contribution >= 4 is 28.3 Å². The van der Waals surface area contributed by atoms with Crippen LogP contribution in [0, 0.1) is 15.9 Å². The summed E-state index contributed by atoms with van der Waals surface area (Å²) in [7, 11) is 0. The van der Waals surface area contributed by atoms with Gasteiger partial charge in [-0.25, -0.2) is 0 Å². The molecule has 2 heteroatoms. The predicted molar refractivity (Wildman–Crippen MR) is 86.1 cm³/mol. The molecule has 2 aliphatic rings. The van der Waals surface area contributed by atoms with Gasteiger partial charge in [-0.3, -0.25) is 0 Å². The van der Waals surface area contributed by atoms with E-state index in [-0.39, 0.29) is 0 Å². The van der Waals surface area contributed by atoms with E-state index in [1.807, 2.05) is 0 Å². The normalized spacial score (nSPS) is 25.8. The highest BCUT2D eigenvalue weighted by Gasteiger charge is 2.46. The van der Waals surface area contributed by atoms with Crippen molar-refractivity contribution in [2.45, 2.75) is 57.9 Å². The van der Waals surface area contributed by atoms with Crippen LogP contribution in [0.4, 0.5) is 5.69 Å². The summed E-state index contributed by atoms with van der Waals surface area (Å²) >= 11 is 2.43. The van der Waals surface area contributed by atoms with Gasteiger partial charge < -0.3 is 5.32 Å². The maximum Gasteiger partial charge on any atom is 0.0382 e. The van der Waals surface area contributed by atoms with E-state index in [4.69, 9.17) is 0 Å². The molecule has 1 aromatic carbocycles. The van der Waals surface area contributed by atoms with Crippen molar-refractivity contribution in [3.05, 3.63) is 27.3 Å². The van der Waals surface area contributed by atoms with Crippen molar-refractivity contribution in [2.24, 2.45) is 5.41 Å². The largest absolute Gasteiger partial charge is 0.382 e. The van der Waals surface area contributed by atoms with Crippen LogP contribution in [0.2, 0.25) is 0 Å². The molecule has 0 heterocycles. The van der Waals surface area contributed by atoms with Crippen LogP contribution in [0.3, 0.4) is 0 Å². The molecule has 0 bridgehead atoms. The Kier molecular flexibility index (Phi) is 3.57. The average Bonchev–Trinajstić information content (AvgIpc) is 2.40. The molecular formula is C16H22IN. The first-order valence-electron chi connectivity index (χ1n) is 7.23. The zero-order chi connectivity index (χ0) is 12.6. The van der Waals surface area contributed by atoms with E-state index in [0.29, 0.717) is 5.41 Å². The summed E-state index contributed by atoms with van der Waals surface area (Å²) in [6.07, 6.45) is 10.1. The molecule has 0 aromatic heterocycles. The highest BCUT2D eigenvalue weighted by molar-refractivity contribution is 14.1. The summed E-state index contributed by atoms with van der Waals surface area (Å²) in [6.45, 7) is 2.23. The number of halogens is 1. The molecule has 18 heavy (non-hydrogen) atoms. The lowest BCUT2D eigenvalue weighted by atomic mass is 9.57.